The zero-order chi connectivity index (χ0) is 12.6. The summed E-state index contributed by atoms with van der Waals surface area (Å²) >= 11 is 1.62. The Morgan fingerprint density at radius 1 is 1.22 bits per heavy atom. The number of rotatable bonds is 4. The minimum absolute atomic E-state index is 0.351. The number of methoxy groups -OCH3 is 1. The van der Waals surface area contributed by atoms with Crippen molar-refractivity contribution in [3.8, 4) is 5.75 Å². The van der Waals surface area contributed by atoms with Gasteiger partial charge in [-0.1, -0.05) is 18.2 Å². The molecule has 1 heterocycles. The van der Waals surface area contributed by atoms with Crippen molar-refractivity contribution in [1.29, 1.82) is 0 Å². The van der Waals surface area contributed by atoms with E-state index in [-0.39, 0.29) is 0 Å². The van der Waals surface area contributed by atoms with Crippen LogP contribution >= 0.6 is 11.3 Å². The van der Waals surface area contributed by atoms with Gasteiger partial charge < -0.3 is 9.84 Å². The molecule has 3 rings (SSSR count). The minimum atomic E-state index is -0.819. The Morgan fingerprint density at radius 3 is 2.44 bits per heavy atom. The summed E-state index contributed by atoms with van der Waals surface area (Å²) in [4.78, 5) is 1.04. The first-order chi connectivity index (χ1) is 8.75. The molecule has 0 spiro atoms. The molecule has 1 N–H and O–H groups in total. The lowest BCUT2D eigenvalue weighted by Gasteiger charge is -2.28. The maximum Gasteiger partial charge on any atom is 0.126 e. The van der Waals surface area contributed by atoms with Crippen molar-refractivity contribution in [1.82, 2.24) is 0 Å². The smallest absolute Gasteiger partial charge is 0.126 e. The van der Waals surface area contributed by atoms with Crippen LogP contribution < -0.4 is 4.74 Å². The summed E-state index contributed by atoms with van der Waals surface area (Å²) in [6, 6.07) is 11.8. The van der Waals surface area contributed by atoms with Crippen LogP contribution in [0.3, 0.4) is 0 Å². The molecule has 1 aliphatic carbocycles. The van der Waals surface area contributed by atoms with Gasteiger partial charge in [0.2, 0.25) is 0 Å². The third kappa shape index (κ3) is 1.84. The fourth-order valence-electron chi connectivity index (χ4n) is 2.42. The highest BCUT2D eigenvalue weighted by Crippen LogP contribution is 2.50. The van der Waals surface area contributed by atoms with Gasteiger partial charge in [-0.15, -0.1) is 11.3 Å². The molecule has 1 atom stereocenters. The van der Waals surface area contributed by atoms with Crippen molar-refractivity contribution in [2.45, 2.75) is 18.4 Å². The van der Waals surface area contributed by atoms with Gasteiger partial charge in [0.05, 0.1) is 7.11 Å². The van der Waals surface area contributed by atoms with Crippen LogP contribution in [0.5, 0.6) is 5.75 Å². The van der Waals surface area contributed by atoms with Crippen LogP contribution in [0.15, 0.2) is 41.8 Å². The predicted molar refractivity (Wildman–Crippen MR) is 73.0 cm³/mol. The van der Waals surface area contributed by atoms with Gasteiger partial charge in [0.1, 0.15) is 11.4 Å². The quantitative estimate of drug-likeness (QED) is 0.913. The molecule has 0 amide bonds. The van der Waals surface area contributed by atoms with Crippen molar-refractivity contribution < 1.29 is 9.84 Å². The van der Waals surface area contributed by atoms with Crippen LogP contribution in [0.2, 0.25) is 0 Å². The summed E-state index contributed by atoms with van der Waals surface area (Å²) in [6.07, 6.45) is 2.20. The highest BCUT2D eigenvalue weighted by atomic mass is 32.1. The van der Waals surface area contributed by atoms with Gasteiger partial charge in [-0.25, -0.2) is 0 Å². The molecule has 18 heavy (non-hydrogen) atoms. The third-order valence-corrected chi connectivity index (χ3v) is 4.59. The number of aliphatic hydroxyl groups is 1. The second-order valence-corrected chi connectivity index (χ2v) is 5.69. The molecule has 94 valence electrons. The Balaban J connectivity index is 2.03. The minimum Gasteiger partial charge on any atom is -0.497 e. The predicted octanol–water partition coefficient (Wildman–Crippen LogP) is 3.40. The van der Waals surface area contributed by atoms with Gasteiger partial charge >= 0.3 is 0 Å². The maximum atomic E-state index is 11.1. The molecule has 0 saturated heterocycles. The summed E-state index contributed by atoms with van der Waals surface area (Å²) in [5.41, 5.74) is 0.147. The van der Waals surface area contributed by atoms with E-state index in [0.717, 1.165) is 29.0 Å². The first-order valence-corrected chi connectivity index (χ1v) is 7.04. The molecule has 1 aliphatic rings. The standard InChI is InChI=1S/C15H16O2S/c1-17-13-8-6-12(7-9-13)15(16,11-4-5-11)14-3-2-10-18-14/h2-3,6-11,16H,4-5H2,1H3. The summed E-state index contributed by atoms with van der Waals surface area (Å²) in [5.74, 6) is 1.17. The van der Waals surface area contributed by atoms with Crippen LogP contribution in [0.25, 0.3) is 0 Å². The van der Waals surface area contributed by atoms with E-state index in [4.69, 9.17) is 4.74 Å². The zero-order valence-corrected chi connectivity index (χ0v) is 11.1. The molecule has 0 bridgehead atoms. The molecular formula is C15H16O2S. The van der Waals surface area contributed by atoms with Gasteiger partial charge in [-0.2, -0.15) is 0 Å². The van der Waals surface area contributed by atoms with Crippen LogP contribution in [-0.4, -0.2) is 12.2 Å². The van der Waals surface area contributed by atoms with Crippen molar-refractivity contribution in [2.24, 2.45) is 5.92 Å². The van der Waals surface area contributed by atoms with E-state index in [9.17, 15) is 5.11 Å². The lowest BCUT2D eigenvalue weighted by Crippen LogP contribution is -2.28. The van der Waals surface area contributed by atoms with E-state index in [0.29, 0.717) is 5.92 Å². The van der Waals surface area contributed by atoms with Crippen molar-refractivity contribution >= 4 is 11.3 Å². The normalized spacial score (nSPS) is 18.3. The van der Waals surface area contributed by atoms with E-state index in [2.05, 4.69) is 0 Å². The molecule has 1 saturated carbocycles. The van der Waals surface area contributed by atoms with Gasteiger partial charge in [0, 0.05) is 4.88 Å². The topological polar surface area (TPSA) is 29.5 Å². The van der Waals surface area contributed by atoms with Crippen molar-refractivity contribution in [2.75, 3.05) is 7.11 Å². The molecule has 1 aromatic heterocycles. The van der Waals surface area contributed by atoms with E-state index >= 15 is 0 Å². The number of thiophene rings is 1. The first kappa shape index (κ1) is 11.8. The van der Waals surface area contributed by atoms with E-state index in [1.54, 1.807) is 18.4 Å². The second kappa shape index (κ2) is 4.41. The Hall–Kier alpha value is -1.32. The summed E-state index contributed by atoms with van der Waals surface area (Å²) in [6.45, 7) is 0. The molecule has 1 unspecified atom stereocenters. The van der Waals surface area contributed by atoms with Crippen LogP contribution in [0.1, 0.15) is 23.3 Å². The number of benzene rings is 1. The maximum absolute atomic E-state index is 11.1. The number of hydrogen-bond acceptors (Lipinski definition) is 3. The van der Waals surface area contributed by atoms with E-state index < -0.39 is 5.60 Å². The molecule has 1 aromatic carbocycles. The highest BCUT2D eigenvalue weighted by molar-refractivity contribution is 7.10. The number of ether oxygens (including phenoxy) is 1. The Labute approximate surface area is 111 Å². The molecule has 3 heteroatoms. The number of hydrogen-bond donors (Lipinski definition) is 1. The molecule has 0 radical (unpaired) electrons. The van der Waals surface area contributed by atoms with E-state index in [1.807, 2.05) is 41.8 Å². The van der Waals surface area contributed by atoms with Gasteiger partial charge in [-0.05, 0) is 47.9 Å². The molecule has 2 aromatic rings. The fourth-order valence-corrected chi connectivity index (χ4v) is 3.35. The van der Waals surface area contributed by atoms with Gasteiger partial charge in [-0.3, -0.25) is 0 Å². The summed E-state index contributed by atoms with van der Waals surface area (Å²) in [5, 5.41) is 13.1. The van der Waals surface area contributed by atoms with Crippen LogP contribution in [-0.2, 0) is 5.60 Å². The third-order valence-electron chi connectivity index (χ3n) is 3.60. The Kier molecular flexibility index (Phi) is 2.88. The molecule has 2 nitrogen and oxygen atoms in total. The van der Waals surface area contributed by atoms with Gasteiger partial charge in [0.25, 0.3) is 0 Å². The van der Waals surface area contributed by atoms with Crippen LogP contribution in [0.4, 0.5) is 0 Å². The Morgan fingerprint density at radius 2 is 1.94 bits per heavy atom. The molecular weight excluding hydrogens is 244 g/mol. The lowest BCUT2D eigenvalue weighted by atomic mass is 9.87. The Bertz CT molecular complexity index is 514. The second-order valence-electron chi connectivity index (χ2n) is 4.75. The average Bonchev–Trinajstić information content (AvgIpc) is 3.13. The summed E-state index contributed by atoms with van der Waals surface area (Å²) in [7, 11) is 1.65. The van der Waals surface area contributed by atoms with Crippen molar-refractivity contribution in [3.05, 3.63) is 52.2 Å². The largest absolute Gasteiger partial charge is 0.497 e. The average molecular weight is 260 g/mol. The van der Waals surface area contributed by atoms with Crippen LogP contribution in [0, 0.1) is 5.92 Å². The lowest BCUT2D eigenvalue weighted by molar-refractivity contribution is 0.0602. The first-order valence-electron chi connectivity index (χ1n) is 6.16. The summed E-state index contributed by atoms with van der Waals surface area (Å²) < 4.78 is 5.17. The van der Waals surface area contributed by atoms with Gasteiger partial charge in [0.15, 0.2) is 0 Å². The van der Waals surface area contributed by atoms with E-state index in [1.165, 1.54) is 0 Å². The molecule has 0 aliphatic heterocycles. The highest BCUT2D eigenvalue weighted by Gasteiger charge is 2.47. The molecule has 1 fully saturated rings. The van der Waals surface area contributed by atoms with Crippen molar-refractivity contribution in [3.63, 3.8) is 0 Å². The fraction of sp³-hybridized carbons (Fsp3) is 0.333. The monoisotopic (exact) mass is 260 g/mol. The zero-order valence-electron chi connectivity index (χ0n) is 10.3. The SMILES string of the molecule is COc1ccc(C(O)(c2cccs2)C2CC2)cc1.